The highest BCUT2D eigenvalue weighted by Crippen LogP contribution is 2.56. The number of fused-ring (bicyclic) bond motifs is 2. The van der Waals surface area contributed by atoms with Crippen LogP contribution in [-0.4, -0.2) is 50.7 Å². The fraction of sp³-hybridized carbons (Fsp3) is 0.842. The lowest BCUT2D eigenvalue weighted by atomic mass is 9.55. The SMILES string of the molecule is C=C1CCC[C@@]2(C)C[C@H]3OC(=O)[C@@H](CNCCN(C)C)[C@@H]3C[C@@H]12. The molecule has 4 nitrogen and oxygen atoms in total. The van der Waals surface area contributed by atoms with Gasteiger partial charge in [0, 0.05) is 25.6 Å². The summed E-state index contributed by atoms with van der Waals surface area (Å²) in [6.45, 7) is 9.40. The number of ether oxygens (including phenoxy) is 1. The average molecular weight is 320 g/mol. The van der Waals surface area contributed by atoms with Crippen molar-refractivity contribution in [1.82, 2.24) is 10.2 Å². The molecule has 1 aliphatic heterocycles. The third-order valence-corrected chi connectivity index (χ3v) is 6.42. The standard InChI is InChI=1S/C19H32N2O2/c1-13-6-5-7-19(2)11-17-14(10-16(13)19)15(18(22)23-17)12-20-8-9-21(3)4/h14-17,20H,1,5-12H2,2-4H3/t14-,15-,16-,17+,19-/m0/s1. The zero-order chi connectivity index (χ0) is 16.6. The molecule has 0 bridgehead atoms. The molecule has 1 saturated heterocycles. The molecule has 5 atom stereocenters. The van der Waals surface area contributed by atoms with Crippen LogP contribution >= 0.6 is 0 Å². The second-order valence-electron chi connectivity index (χ2n) is 8.41. The van der Waals surface area contributed by atoms with Gasteiger partial charge < -0.3 is 15.0 Å². The number of carbonyl (C=O) groups excluding carboxylic acids is 1. The minimum atomic E-state index is 0.0187. The van der Waals surface area contributed by atoms with E-state index in [1.165, 1.54) is 18.4 Å². The first-order valence-electron chi connectivity index (χ1n) is 9.14. The summed E-state index contributed by atoms with van der Waals surface area (Å²) in [4.78, 5) is 14.5. The molecule has 0 unspecified atom stereocenters. The van der Waals surface area contributed by atoms with E-state index in [-0.39, 0.29) is 18.0 Å². The number of esters is 1. The van der Waals surface area contributed by atoms with Crippen molar-refractivity contribution in [2.75, 3.05) is 33.7 Å². The van der Waals surface area contributed by atoms with Crippen LogP contribution in [0.3, 0.4) is 0 Å². The second-order valence-corrected chi connectivity index (χ2v) is 8.41. The van der Waals surface area contributed by atoms with Gasteiger partial charge in [-0.2, -0.15) is 0 Å². The van der Waals surface area contributed by atoms with Gasteiger partial charge in [0.05, 0.1) is 5.92 Å². The Balaban J connectivity index is 1.64. The predicted molar refractivity (Wildman–Crippen MR) is 92.1 cm³/mol. The van der Waals surface area contributed by atoms with Gasteiger partial charge >= 0.3 is 5.97 Å². The van der Waals surface area contributed by atoms with Crippen molar-refractivity contribution in [3.05, 3.63) is 12.2 Å². The first kappa shape index (κ1) is 17.0. The van der Waals surface area contributed by atoms with Gasteiger partial charge in [-0.3, -0.25) is 4.79 Å². The summed E-state index contributed by atoms with van der Waals surface area (Å²) in [7, 11) is 4.14. The molecule has 0 radical (unpaired) electrons. The van der Waals surface area contributed by atoms with Crippen molar-refractivity contribution in [2.45, 2.75) is 45.1 Å². The fourth-order valence-corrected chi connectivity index (χ4v) is 5.05. The molecule has 0 aromatic carbocycles. The van der Waals surface area contributed by atoms with Crippen LogP contribution in [0, 0.1) is 23.2 Å². The molecule has 2 saturated carbocycles. The third kappa shape index (κ3) is 3.34. The molecule has 1 N–H and O–H groups in total. The minimum absolute atomic E-state index is 0.0187. The summed E-state index contributed by atoms with van der Waals surface area (Å²) in [5.74, 6) is 1.00. The van der Waals surface area contributed by atoms with Crippen molar-refractivity contribution in [1.29, 1.82) is 0 Å². The number of carbonyl (C=O) groups is 1. The van der Waals surface area contributed by atoms with Crippen LogP contribution in [0.4, 0.5) is 0 Å². The molecule has 23 heavy (non-hydrogen) atoms. The van der Waals surface area contributed by atoms with Gasteiger partial charge in [0.1, 0.15) is 6.10 Å². The highest BCUT2D eigenvalue weighted by molar-refractivity contribution is 5.75. The first-order chi connectivity index (χ1) is 10.9. The first-order valence-corrected chi connectivity index (χ1v) is 9.14. The molecule has 0 amide bonds. The fourth-order valence-electron chi connectivity index (χ4n) is 5.05. The van der Waals surface area contributed by atoms with Crippen LogP contribution in [-0.2, 0) is 9.53 Å². The van der Waals surface area contributed by atoms with Crippen molar-refractivity contribution >= 4 is 5.97 Å². The second kappa shape index (κ2) is 6.56. The molecule has 1 heterocycles. The van der Waals surface area contributed by atoms with E-state index in [1.54, 1.807) is 0 Å². The average Bonchev–Trinajstić information content (AvgIpc) is 2.76. The molecule has 0 aromatic heterocycles. The Kier molecular flexibility index (Phi) is 4.84. The molecule has 3 aliphatic rings. The van der Waals surface area contributed by atoms with Crippen LogP contribution in [0.25, 0.3) is 0 Å². The number of nitrogens with zero attached hydrogens (tertiary/aromatic N) is 1. The van der Waals surface area contributed by atoms with E-state index < -0.39 is 0 Å². The number of hydrogen-bond donors (Lipinski definition) is 1. The Labute approximate surface area is 140 Å². The largest absolute Gasteiger partial charge is 0.462 e. The Bertz CT molecular complexity index is 476. The maximum absolute atomic E-state index is 12.4. The summed E-state index contributed by atoms with van der Waals surface area (Å²) >= 11 is 0. The van der Waals surface area contributed by atoms with E-state index in [0.29, 0.717) is 17.3 Å². The van der Waals surface area contributed by atoms with Gasteiger partial charge in [-0.05, 0) is 57.5 Å². The number of hydrogen-bond acceptors (Lipinski definition) is 4. The molecule has 130 valence electrons. The summed E-state index contributed by atoms with van der Waals surface area (Å²) < 4.78 is 5.79. The maximum atomic E-state index is 12.4. The monoisotopic (exact) mass is 320 g/mol. The Morgan fingerprint density at radius 2 is 2.22 bits per heavy atom. The Morgan fingerprint density at radius 1 is 1.43 bits per heavy atom. The van der Waals surface area contributed by atoms with Crippen molar-refractivity contribution in [3.63, 3.8) is 0 Å². The van der Waals surface area contributed by atoms with Gasteiger partial charge in [0.15, 0.2) is 0 Å². The number of allylic oxidation sites excluding steroid dienone is 1. The van der Waals surface area contributed by atoms with Crippen molar-refractivity contribution in [3.8, 4) is 0 Å². The van der Waals surface area contributed by atoms with Crippen LogP contribution in [0.5, 0.6) is 0 Å². The lowest BCUT2D eigenvalue weighted by Crippen LogP contribution is -2.45. The molecular formula is C19H32N2O2. The normalized spacial score (nSPS) is 40.0. The van der Waals surface area contributed by atoms with Gasteiger partial charge in [-0.15, -0.1) is 0 Å². The Morgan fingerprint density at radius 3 is 2.96 bits per heavy atom. The molecule has 3 fully saturated rings. The maximum Gasteiger partial charge on any atom is 0.310 e. The van der Waals surface area contributed by atoms with Crippen molar-refractivity contribution in [2.24, 2.45) is 23.2 Å². The topological polar surface area (TPSA) is 41.6 Å². The van der Waals surface area contributed by atoms with Crippen LogP contribution < -0.4 is 5.32 Å². The zero-order valence-electron chi connectivity index (χ0n) is 14.9. The predicted octanol–water partition coefficient (Wildman–Crippen LogP) is 2.45. The summed E-state index contributed by atoms with van der Waals surface area (Å²) in [6, 6.07) is 0. The molecular weight excluding hydrogens is 288 g/mol. The highest BCUT2D eigenvalue weighted by Gasteiger charge is 2.54. The summed E-state index contributed by atoms with van der Waals surface area (Å²) in [5.41, 5.74) is 1.71. The van der Waals surface area contributed by atoms with Crippen LogP contribution in [0.1, 0.15) is 39.0 Å². The van der Waals surface area contributed by atoms with E-state index in [2.05, 4.69) is 37.8 Å². The van der Waals surface area contributed by atoms with Gasteiger partial charge in [0.2, 0.25) is 0 Å². The van der Waals surface area contributed by atoms with Crippen LogP contribution in [0.2, 0.25) is 0 Å². The van der Waals surface area contributed by atoms with E-state index in [9.17, 15) is 4.79 Å². The highest BCUT2D eigenvalue weighted by atomic mass is 16.6. The van der Waals surface area contributed by atoms with E-state index in [4.69, 9.17) is 4.74 Å². The summed E-state index contributed by atoms with van der Waals surface area (Å²) in [5, 5.41) is 3.45. The Hall–Kier alpha value is -0.870. The minimum Gasteiger partial charge on any atom is -0.462 e. The van der Waals surface area contributed by atoms with E-state index in [1.807, 2.05) is 0 Å². The van der Waals surface area contributed by atoms with Gasteiger partial charge in [-0.1, -0.05) is 19.1 Å². The van der Waals surface area contributed by atoms with E-state index in [0.717, 1.165) is 38.9 Å². The third-order valence-electron chi connectivity index (χ3n) is 6.42. The lowest BCUT2D eigenvalue weighted by molar-refractivity contribution is -0.146. The zero-order valence-corrected chi connectivity index (χ0v) is 14.9. The molecule has 2 aliphatic carbocycles. The number of rotatable bonds is 5. The number of likely N-dealkylation sites (N-methyl/N-ethyl adjacent to an activating group) is 1. The van der Waals surface area contributed by atoms with Crippen molar-refractivity contribution < 1.29 is 9.53 Å². The molecule has 0 aromatic rings. The smallest absolute Gasteiger partial charge is 0.310 e. The molecule has 4 heteroatoms. The molecule has 0 spiro atoms. The van der Waals surface area contributed by atoms with Gasteiger partial charge in [0.25, 0.3) is 0 Å². The number of nitrogens with one attached hydrogen (secondary N) is 1. The van der Waals surface area contributed by atoms with Crippen LogP contribution in [0.15, 0.2) is 12.2 Å². The van der Waals surface area contributed by atoms with E-state index >= 15 is 0 Å². The lowest BCUT2D eigenvalue weighted by Gasteiger charge is -2.50. The molecule has 3 rings (SSSR count). The van der Waals surface area contributed by atoms with Gasteiger partial charge in [-0.25, -0.2) is 0 Å². The summed E-state index contributed by atoms with van der Waals surface area (Å²) in [6.07, 6.45) is 5.91. The quantitative estimate of drug-likeness (QED) is 0.480.